The normalized spacial score (nSPS) is 10.3. The predicted octanol–water partition coefficient (Wildman–Crippen LogP) is 2.76. The smallest absolute Gasteiger partial charge is 0.294 e. The van der Waals surface area contributed by atoms with E-state index < -0.39 is 5.63 Å². The Bertz CT molecular complexity index is 737. The monoisotopic (exact) mass is 250 g/mol. The summed E-state index contributed by atoms with van der Waals surface area (Å²) in [5.74, 6) is 0. The molecule has 3 aromatic rings. The molecule has 0 aliphatic rings. The lowest BCUT2D eigenvalue weighted by atomic mass is 10.0. The van der Waals surface area contributed by atoms with Gasteiger partial charge in [0.15, 0.2) is 0 Å². The molecule has 92 valence electrons. The van der Waals surface area contributed by atoms with E-state index in [1.807, 2.05) is 60.7 Å². The zero-order chi connectivity index (χ0) is 13.1. The number of aromatic nitrogens is 2. The topological polar surface area (TPSA) is 56.0 Å². The fraction of sp³-hybridized carbons (Fsp3) is 0. The van der Waals surface area contributed by atoms with Crippen LogP contribution in [0.5, 0.6) is 0 Å². The molecule has 4 nitrogen and oxygen atoms in total. The number of hydrogen-bond donors (Lipinski definition) is 0. The van der Waals surface area contributed by atoms with Gasteiger partial charge in [-0.3, -0.25) is 4.52 Å². The first-order valence-corrected chi connectivity index (χ1v) is 5.84. The van der Waals surface area contributed by atoms with Crippen molar-refractivity contribution in [3.05, 3.63) is 71.1 Å². The van der Waals surface area contributed by atoms with Crippen LogP contribution in [0.25, 0.3) is 22.4 Å². The summed E-state index contributed by atoms with van der Waals surface area (Å²) in [7, 11) is 0. The molecule has 19 heavy (non-hydrogen) atoms. The average Bonchev–Trinajstić information content (AvgIpc) is 2.49. The maximum Gasteiger partial charge on any atom is 0.370 e. The largest absolute Gasteiger partial charge is 0.370 e. The number of benzene rings is 2. The lowest BCUT2D eigenvalue weighted by Crippen LogP contribution is -2.08. The van der Waals surface area contributed by atoms with Crippen molar-refractivity contribution in [2.75, 3.05) is 0 Å². The summed E-state index contributed by atoms with van der Waals surface area (Å²) in [6.45, 7) is 0. The Morgan fingerprint density at radius 3 is 2.00 bits per heavy atom. The van der Waals surface area contributed by atoms with Crippen molar-refractivity contribution in [3.63, 3.8) is 0 Å². The van der Waals surface area contributed by atoms with Gasteiger partial charge in [-0.05, 0) is 5.56 Å². The minimum absolute atomic E-state index is 0.432. The Kier molecular flexibility index (Phi) is 2.90. The van der Waals surface area contributed by atoms with Crippen molar-refractivity contribution in [1.82, 2.24) is 10.4 Å². The molecule has 0 radical (unpaired) electrons. The van der Waals surface area contributed by atoms with Crippen LogP contribution >= 0.6 is 0 Å². The minimum Gasteiger partial charge on any atom is -0.294 e. The van der Waals surface area contributed by atoms with Crippen LogP contribution in [0.1, 0.15) is 0 Å². The van der Waals surface area contributed by atoms with Crippen LogP contribution in [0.2, 0.25) is 0 Å². The molecule has 0 spiro atoms. The second kappa shape index (κ2) is 4.86. The van der Waals surface area contributed by atoms with Crippen molar-refractivity contribution in [3.8, 4) is 22.4 Å². The van der Waals surface area contributed by atoms with Crippen molar-refractivity contribution in [2.45, 2.75) is 0 Å². The van der Waals surface area contributed by atoms with Gasteiger partial charge in [0.1, 0.15) is 5.69 Å². The summed E-state index contributed by atoms with van der Waals surface area (Å²) in [6.07, 6.45) is 0. The molecular weight excluding hydrogens is 240 g/mol. The van der Waals surface area contributed by atoms with E-state index in [4.69, 9.17) is 0 Å². The molecule has 0 saturated carbocycles. The zero-order valence-electron chi connectivity index (χ0n) is 9.98. The molecule has 0 atom stereocenters. The van der Waals surface area contributed by atoms with Crippen LogP contribution in [0.3, 0.4) is 0 Å². The van der Waals surface area contributed by atoms with Crippen LogP contribution in [0.15, 0.2) is 70.0 Å². The van der Waals surface area contributed by atoms with Gasteiger partial charge in [-0.2, -0.15) is 0 Å². The summed E-state index contributed by atoms with van der Waals surface area (Å²) in [6, 6.07) is 18.8. The molecule has 2 aromatic carbocycles. The predicted molar refractivity (Wildman–Crippen MR) is 71.4 cm³/mol. The first kappa shape index (κ1) is 11.3. The summed E-state index contributed by atoms with van der Waals surface area (Å²) < 4.78 is 4.66. The van der Waals surface area contributed by atoms with Gasteiger partial charge in [0.2, 0.25) is 0 Å². The first-order chi connectivity index (χ1) is 9.36. The van der Waals surface area contributed by atoms with Crippen LogP contribution in [0, 0.1) is 0 Å². The lowest BCUT2D eigenvalue weighted by Gasteiger charge is -2.05. The molecule has 3 rings (SSSR count). The number of nitrogens with zero attached hydrogens (tertiary/aromatic N) is 2. The van der Waals surface area contributed by atoms with Crippen LogP contribution in [0.4, 0.5) is 0 Å². The van der Waals surface area contributed by atoms with Crippen molar-refractivity contribution < 1.29 is 4.52 Å². The SMILES string of the molecule is O=c1onnc(-c2ccccc2)c1-c1ccccc1. The van der Waals surface area contributed by atoms with E-state index in [-0.39, 0.29) is 0 Å². The highest BCUT2D eigenvalue weighted by Gasteiger charge is 2.14. The van der Waals surface area contributed by atoms with Gasteiger partial charge in [-0.25, -0.2) is 4.79 Å². The van der Waals surface area contributed by atoms with E-state index >= 15 is 0 Å². The van der Waals surface area contributed by atoms with E-state index in [1.165, 1.54) is 0 Å². The Hall–Kier alpha value is -2.75. The molecule has 0 N–H and O–H groups in total. The Morgan fingerprint density at radius 2 is 1.37 bits per heavy atom. The maximum atomic E-state index is 11.9. The van der Waals surface area contributed by atoms with E-state index in [9.17, 15) is 4.79 Å². The van der Waals surface area contributed by atoms with E-state index in [1.54, 1.807) is 0 Å². The fourth-order valence-electron chi connectivity index (χ4n) is 1.95. The molecule has 4 heteroatoms. The summed E-state index contributed by atoms with van der Waals surface area (Å²) in [4.78, 5) is 11.9. The highest BCUT2D eigenvalue weighted by Crippen LogP contribution is 2.26. The third-order valence-corrected chi connectivity index (χ3v) is 2.82. The molecule has 0 bridgehead atoms. The van der Waals surface area contributed by atoms with Gasteiger partial charge in [-0.15, -0.1) is 5.10 Å². The van der Waals surface area contributed by atoms with E-state index in [0.29, 0.717) is 11.3 Å². The molecule has 0 aliphatic carbocycles. The molecule has 0 unspecified atom stereocenters. The third-order valence-electron chi connectivity index (χ3n) is 2.82. The highest BCUT2D eigenvalue weighted by molar-refractivity contribution is 5.79. The standard InChI is InChI=1S/C15H10N2O2/c18-15-13(11-7-3-1-4-8-11)14(16-17-19-15)12-9-5-2-6-10-12/h1-10H. The average molecular weight is 250 g/mol. The van der Waals surface area contributed by atoms with Gasteiger partial charge < -0.3 is 0 Å². The molecule has 1 heterocycles. The lowest BCUT2D eigenvalue weighted by molar-refractivity contribution is 0.336. The van der Waals surface area contributed by atoms with Gasteiger partial charge >= 0.3 is 5.63 Å². The molecule has 0 saturated heterocycles. The molecular formula is C15H10N2O2. The summed E-state index contributed by atoms with van der Waals surface area (Å²) in [5, 5.41) is 7.38. The first-order valence-electron chi connectivity index (χ1n) is 5.84. The zero-order valence-corrected chi connectivity index (χ0v) is 9.98. The summed E-state index contributed by atoms with van der Waals surface area (Å²) in [5.41, 5.74) is 2.08. The van der Waals surface area contributed by atoms with Gasteiger partial charge in [0, 0.05) is 10.8 Å². The van der Waals surface area contributed by atoms with Crippen molar-refractivity contribution in [2.24, 2.45) is 0 Å². The molecule has 0 fully saturated rings. The van der Waals surface area contributed by atoms with Gasteiger partial charge in [0.05, 0.1) is 5.56 Å². The Morgan fingerprint density at radius 1 is 0.789 bits per heavy atom. The molecule has 0 amide bonds. The van der Waals surface area contributed by atoms with Gasteiger partial charge in [-0.1, -0.05) is 60.7 Å². The molecule has 0 aliphatic heterocycles. The minimum atomic E-state index is -0.486. The van der Waals surface area contributed by atoms with Crippen molar-refractivity contribution >= 4 is 0 Å². The maximum absolute atomic E-state index is 11.9. The molecule has 1 aromatic heterocycles. The number of hydrogen-bond acceptors (Lipinski definition) is 4. The Labute approximate surface area is 109 Å². The fourth-order valence-corrected chi connectivity index (χ4v) is 1.95. The highest BCUT2D eigenvalue weighted by atomic mass is 16.5. The quantitative estimate of drug-likeness (QED) is 0.701. The number of rotatable bonds is 2. The van der Waals surface area contributed by atoms with Crippen LogP contribution < -0.4 is 5.63 Å². The van der Waals surface area contributed by atoms with E-state index in [0.717, 1.165) is 11.1 Å². The van der Waals surface area contributed by atoms with E-state index in [2.05, 4.69) is 14.9 Å². The van der Waals surface area contributed by atoms with Crippen LogP contribution in [-0.4, -0.2) is 10.4 Å². The van der Waals surface area contributed by atoms with Crippen molar-refractivity contribution in [1.29, 1.82) is 0 Å². The summed E-state index contributed by atoms with van der Waals surface area (Å²) >= 11 is 0. The second-order valence-corrected chi connectivity index (χ2v) is 4.02. The second-order valence-electron chi connectivity index (χ2n) is 4.02. The Balaban J connectivity index is 2.28. The van der Waals surface area contributed by atoms with Gasteiger partial charge in [0.25, 0.3) is 0 Å². The van der Waals surface area contributed by atoms with Crippen LogP contribution in [-0.2, 0) is 0 Å². The third kappa shape index (κ3) is 2.15.